The molecule has 0 spiro atoms. The number of sulfone groups is 1. The molecule has 2 N–H and O–H groups in total. The van der Waals surface area contributed by atoms with Crippen LogP contribution in [0, 0.1) is 5.92 Å². The molecule has 168 valence electrons. The van der Waals surface area contributed by atoms with E-state index in [1.54, 1.807) is 12.1 Å². The van der Waals surface area contributed by atoms with Crippen molar-refractivity contribution in [3.63, 3.8) is 0 Å². The first-order chi connectivity index (χ1) is 14.4. The molecule has 0 amide bonds. The van der Waals surface area contributed by atoms with Crippen LogP contribution in [0.5, 0.6) is 0 Å². The van der Waals surface area contributed by atoms with Crippen LogP contribution in [0.4, 0.5) is 5.69 Å². The van der Waals surface area contributed by atoms with Crippen LogP contribution in [-0.2, 0) is 14.6 Å². The zero-order valence-corrected chi connectivity index (χ0v) is 19.2. The third-order valence-corrected chi connectivity index (χ3v) is 7.66. The Morgan fingerprint density at radius 1 is 1.13 bits per heavy atom. The van der Waals surface area contributed by atoms with Gasteiger partial charge < -0.3 is 10.2 Å². The van der Waals surface area contributed by atoms with Crippen molar-refractivity contribution in [1.82, 2.24) is 10.2 Å². The summed E-state index contributed by atoms with van der Waals surface area (Å²) in [5, 5.41) is 7.02. The topological polar surface area (TPSA) is 78.5 Å². The molecule has 2 aliphatic heterocycles. The molecular formula is C23H37N3O3S. The van der Waals surface area contributed by atoms with E-state index in [1.807, 2.05) is 12.1 Å². The third-order valence-electron chi connectivity index (χ3n) is 6.53. The number of piperidine rings is 2. The number of benzene rings is 1. The Kier molecular flexibility index (Phi) is 8.31. The predicted octanol–water partition coefficient (Wildman–Crippen LogP) is 3.44. The van der Waals surface area contributed by atoms with Crippen LogP contribution >= 0.6 is 0 Å². The number of hydrogen-bond acceptors (Lipinski definition) is 6. The number of nitrogens with one attached hydrogen (secondary N) is 2. The van der Waals surface area contributed by atoms with Crippen molar-refractivity contribution in [1.29, 1.82) is 0 Å². The average Bonchev–Trinajstić information content (AvgIpc) is 2.74. The Morgan fingerprint density at radius 3 is 2.47 bits per heavy atom. The molecule has 2 atom stereocenters. The van der Waals surface area contributed by atoms with Crippen molar-refractivity contribution in [2.75, 3.05) is 31.2 Å². The highest BCUT2D eigenvalue weighted by Gasteiger charge is 2.31. The van der Waals surface area contributed by atoms with Crippen molar-refractivity contribution in [2.45, 2.75) is 75.4 Å². The zero-order chi connectivity index (χ0) is 21.6. The lowest BCUT2D eigenvalue weighted by molar-refractivity contribution is -0.124. The molecule has 1 aromatic rings. The summed E-state index contributed by atoms with van der Waals surface area (Å²) in [6.45, 7) is 5.17. The summed E-state index contributed by atoms with van der Waals surface area (Å²) >= 11 is 0. The van der Waals surface area contributed by atoms with Gasteiger partial charge in [0.1, 0.15) is 5.78 Å². The van der Waals surface area contributed by atoms with Crippen molar-refractivity contribution < 1.29 is 13.2 Å². The van der Waals surface area contributed by atoms with Crippen molar-refractivity contribution in [3.05, 3.63) is 24.3 Å². The monoisotopic (exact) mass is 435 g/mol. The maximum absolute atomic E-state index is 12.4. The summed E-state index contributed by atoms with van der Waals surface area (Å²) in [4.78, 5) is 15.3. The first-order valence-corrected chi connectivity index (χ1v) is 13.3. The number of Topliss-reactive ketones (excluding diaryl/α,β-unsaturated/α-hetero) is 1. The Labute approximate surface area is 181 Å². The first-order valence-electron chi connectivity index (χ1n) is 11.4. The van der Waals surface area contributed by atoms with Crippen LogP contribution < -0.4 is 10.6 Å². The number of carbonyl (C=O) groups is 1. The Morgan fingerprint density at radius 2 is 1.83 bits per heavy atom. The smallest absolute Gasteiger partial charge is 0.175 e. The minimum absolute atomic E-state index is 0.168. The van der Waals surface area contributed by atoms with Gasteiger partial charge in [0.15, 0.2) is 9.84 Å². The molecule has 0 aromatic heterocycles. The fraction of sp³-hybridized carbons (Fsp3) is 0.696. The molecule has 3 rings (SSSR count). The molecule has 7 heteroatoms. The van der Waals surface area contributed by atoms with E-state index in [-0.39, 0.29) is 12.1 Å². The molecule has 2 aliphatic rings. The predicted molar refractivity (Wildman–Crippen MR) is 121 cm³/mol. The number of carbonyl (C=O) groups excluding carboxylic acids is 1. The van der Waals surface area contributed by atoms with Crippen molar-refractivity contribution in [3.8, 4) is 0 Å². The first kappa shape index (κ1) is 23.2. The second-order valence-corrected chi connectivity index (χ2v) is 10.9. The van der Waals surface area contributed by atoms with Crippen LogP contribution in [0.1, 0.15) is 58.3 Å². The van der Waals surface area contributed by atoms with Gasteiger partial charge in [0.05, 0.1) is 11.1 Å². The highest BCUT2D eigenvalue weighted by molar-refractivity contribution is 7.90. The quantitative estimate of drug-likeness (QED) is 0.579. The average molecular weight is 436 g/mol. The number of ketones is 1. The molecule has 6 nitrogen and oxygen atoms in total. The van der Waals surface area contributed by atoms with Crippen LogP contribution in [0.3, 0.4) is 0 Å². The van der Waals surface area contributed by atoms with Gasteiger partial charge in [0.25, 0.3) is 0 Å². The lowest BCUT2D eigenvalue weighted by Gasteiger charge is -2.41. The zero-order valence-electron chi connectivity index (χ0n) is 18.4. The van der Waals surface area contributed by atoms with Crippen molar-refractivity contribution >= 4 is 21.3 Å². The largest absolute Gasteiger partial charge is 0.370 e. The maximum Gasteiger partial charge on any atom is 0.175 e. The van der Waals surface area contributed by atoms with Gasteiger partial charge in [0, 0.05) is 30.3 Å². The van der Waals surface area contributed by atoms with Crippen LogP contribution in [0.15, 0.2) is 29.2 Å². The van der Waals surface area contributed by atoms with Crippen molar-refractivity contribution in [2.24, 2.45) is 5.92 Å². The third kappa shape index (κ3) is 6.53. The molecular weight excluding hydrogens is 398 g/mol. The van der Waals surface area contributed by atoms with E-state index in [9.17, 15) is 13.2 Å². The van der Waals surface area contributed by atoms with E-state index in [0.717, 1.165) is 70.3 Å². The Bertz CT molecular complexity index is 786. The van der Waals surface area contributed by atoms with Gasteiger partial charge in [-0.1, -0.05) is 19.8 Å². The van der Waals surface area contributed by atoms with Gasteiger partial charge in [-0.2, -0.15) is 0 Å². The minimum Gasteiger partial charge on any atom is -0.370 e. The van der Waals surface area contributed by atoms with E-state index >= 15 is 0 Å². The molecule has 2 heterocycles. The highest BCUT2D eigenvalue weighted by Crippen LogP contribution is 2.26. The molecule has 0 radical (unpaired) electrons. The summed E-state index contributed by atoms with van der Waals surface area (Å²) in [5.41, 5.74) is 0.928. The number of hydrogen-bond donors (Lipinski definition) is 2. The van der Waals surface area contributed by atoms with E-state index in [0.29, 0.717) is 16.7 Å². The Hall–Kier alpha value is -1.44. The van der Waals surface area contributed by atoms with E-state index in [2.05, 4.69) is 22.5 Å². The Balaban J connectivity index is 1.47. The van der Waals surface area contributed by atoms with Gasteiger partial charge in [-0.25, -0.2) is 8.42 Å². The maximum atomic E-state index is 12.4. The fourth-order valence-electron chi connectivity index (χ4n) is 4.68. The molecule has 0 aliphatic carbocycles. The number of likely N-dealkylation sites (tertiary alicyclic amines) is 1. The van der Waals surface area contributed by atoms with Crippen LogP contribution in [0.2, 0.25) is 0 Å². The van der Waals surface area contributed by atoms with Gasteiger partial charge in [-0.15, -0.1) is 0 Å². The van der Waals surface area contributed by atoms with Gasteiger partial charge in [-0.3, -0.25) is 10.1 Å². The van der Waals surface area contributed by atoms with Crippen LogP contribution in [-0.4, -0.2) is 57.2 Å². The summed E-state index contributed by atoms with van der Waals surface area (Å²) in [6, 6.07) is 7.49. The number of rotatable bonds is 9. The second kappa shape index (κ2) is 10.7. The minimum atomic E-state index is -3.17. The summed E-state index contributed by atoms with van der Waals surface area (Å²) in [7, 11) is -3.17. The SMILES string of the molecule is CCCCCC(=O)C1CCN(C2CCNC(Nc3ccc(S(C)(=O)=O)cc3)C2)CC1. The molecule has 2 saturated heterocycles. The second-order valence-electron chi connectivity index (χ2n) is 8.86. The number of nitrogens with zero attached hydrogens (tertiary/aromatic N) is 1. The van der Waals surface area contributed by atoms with Gasteiger partial charge in [0.2, 0.25) is 0 Å². The summed E-state index contributed by atoms with van der Waals surface area (Å²) < 4.78 is 23.2. The molecule has 2 unspecified atom stereocenters. The van der Waals surface area contributed by atoms with E-state index in [1.165, 1.54) is 12.7 Å². The lowest BCUT2D eigenvalue weighted by Crippen LogP contribution is -2.52. The van der Waals surface area contributed by atoms with Gasteiger partial charge in [-0.05, 0) is 76.0 Å². The number of anilines is 1. The molecule has 0 saturated carbocycles. The van der Waals surface area contributed by atoms with Crippen LogP contribution in [0.25, 0.3) is 0 Å². The molecule has 1 aromatic carbocycles. The standard InChI is InChI=1S/C23H37N3O3S/c1-3-4-5-6-22(27)18-12-15-26(16-13-18)20-11-14-24-23(17-20)25-19-7-9-21(10-8-19)30(2,28)29/h7-10,18,20,23-25H,3-6,11-17H2,1-2H3. The number of unbranched alkanes of at least 4 members (excludes halogenated alkanes) is 2. The normalized spacial score (nSPS) is 23.9. The molecule has 30 heavy (non-hydrogen) atoms. The van der Waals surface area contributed by atoms with E-state index < -0.39 is 9.84 Å². The fourth-order valence-corrected chi connectivity index (χ4v) is 5.31. The summed E-state index contributed by atoms with van der Waals surface area (Å²) in [6.07, 6.45) is 9.65. The van der Waals surface area contributed by atoms with Gasteiger partial charge >= 0.3 is 0 Å². The summed E-state index contributed by atoms with van der Waals surface area (Å²) in [5.74, 6) is 0.743. The molecule has 0 bridgehead atoms. The lowest BCUT2D eigenvalue weighted by atomic mass is 9.88. The van der Waals surface area contributed by atoms with E-state index in [4.69, 9.17) is 0 Å². The highest BCUT2D eigenvalue weighted by atomic mass is 32.2. The molecule has 2 fully saturated rings.